The van der Waals surface area contributed by atoms with E-state index in [1.165, 1.54) is 16.9 Å². The minimum absolute atomic E-state index is 0.00175. The minimum atomic E-state index is -0.972. The zero-order chi connectivity index (χ0) is 27.2. The highest BCUT2D eigenvalue weighted by atomic mass is 16.6. The van der Waals surface area contributed by atoms with Crippen molar-refractivity contribution in [3.8, 4) is 0 Å². The van der Waals surface area contributed by atoms with Crippen LogP contribution in [-0.2, 0) is 30.3 Å². The van der Waals surface area contributed by atoms with E-state index in [1.54, 1.807) is 7.05 Å². The normalized spacial score (nSPS) is 25.0. The van der Waals surface area contributed by atoms with E-state index in [4.69, 9.17) is 14.2 Å². The van der Waals surface area contributed by atoms with Gasteiger partial charge in [0.2, 0.25) is 5.91 Å². The standard InChI is InChI=1S/C27H37N3O7/c1-27(2,3)22-23(31)30-17-20(15-21(30)24(32)35-5)37-26(34)29(4)16-19-12-9-11-18(14-19)10-7-6-8-13-36-25(33)28-22/h7,9-12,14,20-22H,6,8,13,15-17H2,1-5H3,(H,28,33)/b10-7+/t20-,21+,22-/m1/s1. The first kappa shape index (κ1) is 28.0. The number of rotatable bonds is 1. The van der Waals surface area contributed by atoms with Gasteiger partial charge in [0.15, 0.2) is 0 Å². The maximum Gasteiger partial charge on any atom is 0.410 e. The number of hydrogen-bond acceptors (Lipinski definition) is 7. The molecule has 1 aromatic carbocycles. The molecule has 0 aromatic heterocycles. The van der Waals surface area contributed by atoms with Crippen LogP contribution in [0.2, 0.25) is 0 Å². The number of allylic oxidation sites excluding steroid dienone is 1. The van der Waals surface area contributed by atoms with E-state index in [-0.39, 0.29) is 19.6 Å². The quantitative estimate of drug-likeness (QED) is 0.451. The first-order valence-corrected chi connectivity index (χ1v) is 12.5. The summed E-state index contributed by atoms with van der Waals surface area (Å²) < 4.78 is 15.9. The Morgan fingerprint density at radius 2 is 1.95 bits per heavy atom. The van der Waals surface area contributed by atoms with E-state index >= 15 is 0 Å². The lowest BCUT2D eigenvalue weighted by Crippen LogP contribution is -2.57. The van der Waals surface area contributed by atoms with Crippen molar-refractivity contribution in [1.29, 1.82) is 0 Å². The molecule has 1 saturated heterocycles. The summed E-state index contributed by atoms with van der Waals surface area (Å²) in [4.78, 5) is 54.4. The van der Waals surface area contributed by atoms with Crippen molar-refractivity contribution in [3.63, 3.8) is 0 Å². The monoisotopic (exact) mass is 515 g/mol. The molecule has 10 nitrogen and oxygen atoms in total. The third kappa shape index (κ3) is 7.47. The van der Waals surface area contributed by atoms with E-state index in [9.17, 15) is 19.2 Å². The van der Waals surface area contributed by atoms with Crippen LogP contribution in [0.15, 0.2) is 30.3 Å². The highest BCUT2D eigenvalue weighted by molar-refractivity contribution is 5.91. The first-order chi connectivity index (χ1) is 17.5. The van der Waals surface area contributed by atoms with E-state index < -0.39 is 47.7 Å². The van der Waals surface area contributed by atoms with E-state index in [1.807, 2.05) is 57.2 Å². The topological polar surface area (TPSA) is 114 Å². The van der Waals surface area contributed by atoms with Gasteiger partial charge >= 0.3 is 18.2 Å². The van der Waals surface area contributed by atoms with Gasteiger partial charge in [0, 0.05) is 20.0 Å². The van der Waals surface area contributed by atoms with Gasteiger partial charge in [-0.3, -0.25) is 4.79 Å². The SMILES string of the molecule is COC(=O)[C@@H]1C[C@@H]2CN1C(=O)[C@H](C(C)(C)C)NC(=O)OCCC/C=C/c1cccc(c1)CN(C)C(=O)O2. The number of methoxy groups -OCH3 is 1. The van der Waals surface area contributed by atoms with Gasteiger partial charge in [-0.2, -0.15) is 0 Å². The Balaban J connectivity index is 1.88. The fourth-order valence-corrected chi connectivity index (χ4v) is 4.41. The number of carbonyl (C=O) groups excluding carboxylic acids is 4. The molecular weight excluding hydrogens is 478 g/mol. The molecule has 4 bridgehead atoms. The fraction of sp³-hybridized carbons (Fsp3) is 0.556. The Morgan fingerprint density at radius 1 is 1.19 bits per heavy atom. The van der Waals surface area contributed by atoms with Crippen LogP contribution < -0.4 is 5.32 Å². The molecule has 3 rings (SSSR count). The summed E-state index contributed by atoms with van der Waals surface area (Å²) in [7, 11) is 2.88. The smallest absolute Gasteiger partial charge is 0.410 e. The second-order valence-electron chi connectivity index (χ2n) is 10.5. The number of hydrogen-bond donors (Lipinski definition) is 1. The Bertz CT molecular complexity index is 1030. The average Bonchev–Trinajstić information content (AvgIpc) is 3.26. The molecule has 2 aliphatic rings. The van der Waals surface area contributed by atoms with Crippen molar-refractivity contribution in [2.45, 2.75) is 64.8 Å². The predicted octanol–water partition coefficient (Wildman–Crippen LogP) is 3.35. The van der Waals surface area contributed by atoms with Crippen molar-refractivity contribution in [3.05, 3.63) is 41.5 Å². The van der Waals surface area contributed by atoms with Gasteiger partial charge in [0.25, 0.3) is 0 Å². The molecule has 2 aliphatic heterocycles. The van der Waals surface area contributed by atoms with Gasteiger partial charge in [-0.25, -0.2) is 14.4 Å². The largest absolute Gasteiger partial charge is 0.467 e. The Morgan fingerprint density at radius 3 is 2.65 bits per heavy atom. The van der Waals surface area contributed by atoms with Crippen LogP contribution in [0.4, 0.5) is 9.59 Å². The number of cyclic esters (lactones) is 1. The molecule has 37 heavy (non-hydrogen) atoms. The highest BCUT2D eigenvalue weighted by Gasteiger charge is 2.46. The lowest BCUT2D eigenvalue weighted by atomic mass is 9.85. The summed E-state index contributed by atoms with van der Waals surface area (Å²) in [6.45, 7) is 5.96. The van der Waals surface area contributed by atoms with Crippen LogP contribution in [0.5, 0.6) is 0 Å². The van der Waals surface area contributed by atoms with Crippen molar-refractivity contribution >= 4 is 30.1 Å². The molecule has 10 heteroatoms. The molecule has 0 saturated carbocycles. The predicted molar refractivity (Wildman–Crippen MR) is 136 cm³/mol. The summed E-state index contributed by atoms with van der Waals surface area (Å²) in [5.41, 5.74) is 1.24. The Hall–Kier alpha value is -3.56. The number of nitrogens with one attached hydrogen (secondary N) is 1. The highest BCUT2D eigenvalue weighted by Crippen LogP contribution is 2.28. The van der Waals surface area contributed by atoms with E-state index in [2.05, 4.69) is 5.32 Å². The summed E-state index contributed by atoms with van der Waals surface area (Å²) in [6.07, 6.45) is 3.40. The number of alkyl carbamates (subject to hydrolysis) is 1. The minimum Gasteiger partial charge on any atom is -0.467 e. The van der Waals surface area contributed by atoms with E-state index in [0.29, 0.717) is 19.4 Å². The molecule has 2 heterocycles. The molecular formula is C27H37N3O7. The average molecular weight is 516 g/mol. The van der Waals surface area contributed by atoms with Crippen LogP contribution >= 0.6 is 0 Å². The lowest BCUT2D eigenvalue weighted by Gasteiger charge is -2.34. The molecule has 202 valence electrons. The van der Waals surface area contributed by atoms with Crippen LogP contribution in [-0.4, -0.2) is 79.4 Å². The molecule has 1 aromatic rings. The molecule has 1 fully saturated rings. The summed E-state index contributed by atoms with van der Waals surface area (Å²) >= 11 is 0. The van der Waals surface area contributed by atoms with Gasteiger partial charge in [0.05, 0.1) is 20.3 Å². The van der Waals surface area contributed by atoms with Gasteiger partial charge in [-0.1, -0.05) is 51.1 Å². The second-order valence-corrected chi connectivity index (χ2v) is 10.5. The lowest BCUT2D eigenvalue weighted by molar-refractivity contribution is -0.152. The van der Waals surface area contributed by atoms with Crippen molar-refractivity contribution in [2.24, 2.45) is 5.41 Å². The zero-order valence-electron chi connectivity index (χ0n) is 22.2. The van der Waals surface area contributed by atoms with Crippen molar-refractivity contribution in [2.75, 3.05) is 27.3 Å². The molecule has 0 unspecified atom stereocenters. The van der Waals surface area contributed by atoms with Gasteiger partial charge in [-0.15, -0.1) is 0 Å². The number of ether oxygens (including phenoxy) is 3. The zero-order valence-corrected chi connectivity index (χ0v) is 22.2. The van der Waals surface area contributed by atoms with Crippen LogP contribution in [0, 0.1) is 5.41 Å². The van der Waals surface area contributed by atoms with Crippen LogP contribution in [0.1, 0.15) is 51.2 Å². The molecule has 3 amide bonds. The summed E-state index contributed by atoms with van der Waals surface area (Å²) in [6, 6.07) is 5.88. The molecule has 0 aliphatic carbocycles. The first-order valence-electron chi connectivity index (χ1n) is 12.5. The van der Waals surface area contributed by atoms with Crippen molar-refractivity contribution in [1.82, 2.24) is 15.1 Å². The van der Waals surface area contributed by atoms with E-state index in [0.717, 1.165) is 11.1 Å². The van der Waals surface area contributed by atoms with Gasteiger partial charge in [-0.05, 0) is 35.4 Å². The molecule has 1 N–H and O–H groups in total. The van der Waals surface area contributed by atoms with Gasteiger partial charge < -0.3 is 29.3 Å². The third-order valence-corrected chi connectivity index (χ3v) is 6.40. The van der Waals surface area contributed by atoms with Crippen molar-refractivity contribution < 1.29 is 33.4 Å². The second kappa shape index (κ2) is 12.1. The molecule has 3 atom stereocenters. The summed E-state index contributed by atoms with van der Waals surface area (Å²) in [5.74, 6) is -1.08. The number of amides is 3. The Labute approximate surface area is 217 Å². The number of fused-ring (bicyclic) bond motifs is 4. The molecule has 0 radical (unpaired) electrons. The maximum atomic E-state index is 13.6. The Kier molecular flexibility index (Phi) is 9.18. The van der Waals surface area contributed by atoms with Gasteiger partial charge in [0.1, 0.15) is 18.2 Å². The summed E-state index contributed by atoms with van der Waals surface area (Å²) in [5, 5.41) is 2.67. The number of carbonyl (C=O) groups is 4. The number of esters is 1. The number of nitrogens with zero attached hydrogens (tertiary/aromatic N) is 2. The van der Waals surface area contributed by atoms with Crippen LogP contribution in [0.3, 0.4) is 0 Å². The fourth-order valence-electron chi connectivity index (χ4n) is 4.41. The van der Waals surface area contributed by atoms with Crippen LogP contribution in [0.25, 0.3) is 6.08 Å². The maximum absolute atomic E-state index is 13.6. The third-order valence-electron chi connectivity index (χ3n) is 6.40. The molecule has 0 spiro atoms. The number of benzene rings is 1.